The Balaban J connectivity index is 1.55. The Morgan fingerprint density at radius 3 is 2.35 bits per heavy atom. The van der Waals surface area contributed by atoms with Crippen molar-refractivity contribution in [3.05, 3.63) is 58.1 Å². The fraction of sp³-hybridized carbons (Fsp3) is 0.381. The highest BCUT2D eigenvalue weighted by molar-refractivity contribution is 6.33. The highest BCUT2D eigenvalue weighted by Gasteiger charge is 2.23. The van der Waals surface area contributed by atoms with Crippen molar-refractivity contribution in [1.29, 1.82) is 0 Å². The molecule has 0 aromatic heterocycles. The number of rotatable bonds is 4. The Hall–Kier alpha value is -2.04. The second-order valence-corrected chi connectivity index (χ2v) is 7.59. The molecule has 3 rings (SSSR count). The number of nitrogens with zero attached hydrogens (tertiary/aromatic N) is 1. The van der Waals surface area contributed by atoms with Crippen LogP contribution in [0.2, 0.25) is 5.02 Å². The maximum absolute atomic E-state index is 12.5. The van der Waals surface area contributed by atoms with Gasteiger partial charge in [0.15, 0.2) is 6.54 Å². The van der Waals surface area contributed by atoms with Crippen LogP contribution in [-0.4, -0.2) is 38.6 Å². The number of aryl methyl sites for hydroxylation is 3. The first-order chi connectivity index (χ1) is 12.4. The van der Waals surface area contributed by atoms with Crippen molar-refractivity contribution >= 4 is 28.9 Å². The number of nitrogens with one attached hydrogen (secondary N) is 2. The van der Waals surface area contributed by atoms with Crippen molar-refractivity contribution in [3.63, 3.8) is 0 Å². The summed E-state index contributed by atoms with van der Waals surface area (Å²) in [5.74, 6) is 0.0845. The zero-order chi connectivity index (χ0) is 18.7. The third-order valence-electron chi connectivity index (χ3n) is 5.02. The van der Waals surface area contributed by atoms with Gasteiger partial charge in [0, 0.05) is 5.69 Å². The van der Waals surface area contributed by atoms with Gasteiger partial charge in [-0.2, -0.15) is 0 Å². The van der Waals surface area contributed by atoms with Gasteiger partial charge in [-0.25, -0.2) is 0 Å². The monoisotopic (exact) mass is 372 g/mol. The standard InChI is InChI=1S/C21H26ClN3O/c1-15-12-16(2)21(17(3)13-15)23-20(26)14-24-8-10-25(11-9-24)19-7-5-4-6-18(19)22/h4-7,12-13H,8-11,14H2,1-3H3,(H,23,26)/p+1. The third kappa shape index (κ3) is 4.37. The molecule has 1 saturated heterocycles. The zero-order valence-corrected chi connectivity index (χ0v) is 16.5. The summed E-state index contributed by atoms with van der Waals surface area (Å²) in [6.45, 7) is 10.4. The van der Waals surface area contributed by atoms with E-state index in [-0.39, 0.29) is 5.91 Å². The minimum atomic E-state index is 0.0845. The van der Waals surface area contributed by atoms with Gasteiger partial charge >= 0.3 is 0 Å². The molecule has 0 aliphatic carbocycles. The molecule has 1 aliphatic heterocycles. The summed E-state index contributed by atoms with van der Waals surface area (Å²) >= 11 is 6.30. The fourth-order valence-corrected chi connectivity index (χ4v) is 3.99. The van der Waals surface area contributed by atoms with Crippen LogP contribution in [0.3, 0.4) is 0 Å². The van der Waals surface area contributed by atoms with E-state index in [4.69, 9.17) is 11.6 Å². The normalized spacial score (nSPS) is 15.2. The third-order valence-corrected chi connectivity index (χ3v) is 5.34. The van der Waals surface area contributed by atoms with Crippen molar-refractivity contribution in [1.82, 2.24) is 0 Å². The topological polar surface area (TPSA) is 36.8 Å². The summed E-state index contributed by atoms with van der Waals surface area (Å²) in [5, 5.41) is 3.90. The minimum Gasteiger partial charge on any atom is -0.359 e. The van der Waals surface area contributed by atoms with E-state index in [0.29, 0.717) is 6.54 Å². The molecule has 0 unspecified atom stereocenters. The van der Waals surface area contributed by atoms with Crippen LogP contribution in [0.5, 0.6) is 0 Å². The van der Waals surface area contributed by atoms with Gasteiger partial charge in [0.05, 0.1) is 36.9 Å². The fourth-order valence-electron chi connectivity index (χ4n) is 3.74. The number of anilines is 2. The first-order valence-electron chi connectivity index (χ1n) is 9.15. The lowest BCUT2D eigenvalue weighted by atomic mass is 10.1. The maximum atomic E-state index is 12.5. The average Bonchev–Trinajstić information content (AvgIpc) is 2.59. The van der Waals surface area contributed by atoms with Crippen LogP contribution in [0.1, 0.15) is 16.7 Å². The van der Waals surface area contributed by atoms with Crippen molar-refractivity contribution in [2.24, 2.45) is 0 Å². The molecule has 2 N–H and O–H groups in total. The number of piperazine rings is 1. The first kappa shape index (κ1) is 18.7. The van der Waals surface area contributed by atoms with Gasteiger partial charge in [-0.1, -0.05) is 41.4 Å². The molecule has 1 amide bonds. The van der Waals surface area contributed by atoms with Crippen molar-refractivity contribution in [3.8, 4) is 0 Å². The highest BCUT2D eigenvalue weighted by Crippen LogP contribution is 2.25. The molecule has 26 heavy (non-hydrogen) atoms. The van der Waals surface area contributed by atoms with E-state index in [1.165, 1.54) is 10.5 Å². The molecule has 1 heterocycles. The largest absolute Gasteiger partial charge is 0.359 e. The molecule has 1 aliphatic rings. The van der Waals surface area contributed by atoms with Gasteiger partial charge in [-0.15, -0.1) is 0 Å². The molecule has 2 aromatic rings. The predicted octanol–water partition coefficient (Wildman–Crippen LogP) is 2.61. The number of para-hydroxylation sites is 1. The molecule has 0 atom stereocenters. The maximum Gasteiger partial charge on any atom is 0.279 e. The van der Waals surface area contributed by atoms with Gasteiger partial charge < -0.3 is 15.1 Å². The molecular formula is C21H27ClN3O+. The number of carbonyl (C=O) groups excluding carboxylic acids is 1. The Morgan fingerprint density at radius 1 is 1.12 bits per heavy atom. The van der Waals surface area contributed by atoms with Gasteiger partial charge in [0.2, 0.25) is 0 Å². The van der Waals surface area contributed by atoms with Crippen molar-refractivity contribution in [2.75, 3.05) is 42.9 Å². The van der Waals surface area contributed by atoms with Crippen LogP contribution >= 0.6 is 11.6 Å². The summed E-state index contributed by atoms with van der Waals surface area (Å²) < 4.78 is 0. The molecule has 138 valence electrons. The lowest BCUT2D eigenvalue weighted by molar-refractivity contribution is -0.892. The highest BCUT2D eigenvalue weighted by atomic mass is 35.5. The lowest BCUT2D eigenvalue weighted by Crippen LogP contribution is -3.15. The van der Waals surface area contributed by atoms with Gasteiger partial charge in [-0.05, 0) is 44.0 Å². The van der Waals surface area contributed by atoms with Crippen molar-refractivity contribution in [2.45, 2.75) is 20.8 Å². The van der Waals surface area contributed by atoms with Gasteiger partial charge in [-0.3, -0.25) is 4.79 Å². The van der Waals surface area contributed by atoms with Gasteiger partial charge in [0.25, 0.3) is 5.91 Å². The summed E-state index contributed by atoms with van der Waals surface area (Å²) in [6, 6.07) is 12.2. The number of amides is 1. The number of carbonyl (C=O) groups is 1. The van der Waals surface area contributed by atoms with E-state index in [0.717, 1.165) is 53.7 Å². The van der Waals surface area contributed by atoms with Crippen LogP contribution in [0.25, 0.3) is 0 Å². The Kier molecular flexibility index (Phi) is 5.84. The van der Waals surface area contributed by atoms with E-state index in [2.05, 4.69) is 35.3 Å². The average molecular weight is 373 g/mol. The molecule has 0 bridgehead atoms. The molecule has 4 nitrogen and oxygen atoms in total. The van der Waals surface area contributed by atoms with E-state index in [1.54, 1.807) is 0 Å². The smallest absolute Gasteiger partial charge is 0.279 e. The van der Waals surface area contributed by atoms with Crippen LogP contribution in [0.4, 0.5) is 11.4 Å². The Bertz CT molecular complexity index is 775. The molecule has 5 heteroatoms. The summed E-state index contributed by atoms with van der Waals surface area (Å²) in [7, 11) is 0. The van der Waals surface area contributed by atoms with Crippen LogP contribution in [-0.2, 0) is 4.79 Å². The molecule has 0 radical (unpaired) electrons. The van der Waals surface area contributed by atoms with Crippen LogP contribution in [0.15, 0.2) is 36.4 Å². The quantitative estimate of drug-likeness (QED) is 0.865. The van der Waals surface area contributed by atoms with E-state index in [1.807, 2.05) is 32.0 Å². The molecule has 0 spiro atoms. The first-order valence-corrected chi connectivity index (χ1v) is 9.52. The van der Waals surface area contributed by atoms with E-state index >= 15 is 0 Å². The molecule has 0 saturated carbocycles. The summed E-state index contributed by atoms with van der Waals surface area (Å²) in [4.78, 5) is 16.1. The number of quaternary nitrogens is 1. The Morgan fingerprint density at radius 2 is 1.73 bits per heavy atom. The van der Waals surface area contributed by atoms with Crippen LogP contribution < -0.4 is 15.1 Å². The lowest BCUT2D eigenvalue weighted by Gasteiger charge is -2.33. The second kappa shape index (κ2) is 8.11. The summed E-state index contributed by atoms with van der Waals surface area (Å²) in [6.07, 6.45) is 0. The van der Waals surface area contributed by atoms with E-state index in [9.17, 15) is 4.79 Å². The number of benzene rings is 2. The Labute approximate surface area is 160 Å². The predicted molar refractivity (Wildman–Crippen MR) is 109 cm³/mol. The summed E-state index contributed by atoms with van der Waals surface area (Å²) in [5.41, 5.74) is 5.50. The number of hydrogen-bond donors (Lipinski definition) is 2. The number of hydrogen-bond acceptors (Lipinski definition) is 2. The minimum absolute atomic E-state index is 0.0845. The molecular weight excluding hydrogens is 346 g/mol. The SMILES string of the molecule is Cc1cc(C)c(NC(=O)C[NH+]2CCN(c3ccccc3Cl)CC2)c(C)c1. The van der Waals surface area contributed by atoms with E-state index < -0.39 is 0 Å². The number of halogens is 1. The zero-order valence-electron chi connectivity index (χ0n) is 15.7. The second-order valence-electron chi connectivity index (χ2n) is 7.19. The van der Waals surface area contributed by atoms with Crippen molar-refractivity contribution < 1.29 is 9.69 Å². The van der Waals surface area contributed by atoms with Gasteiger partial charge in [0.1, 0.15) is 0 Å². The molecule has 2 aromatic carbocycles. The molecule has 1 fully saturated rings. The van der Waals surface area contributed by atoms with Crippen LogP contribution in [0, 0.1) is 20.8 Å².